The van der Waals surface area contributed by atoms with Crippen LogP contribution in [0.1, 0.15) is 89.5 Å². The number of hydrogen-bond donors (Lipinski definition) is 2. The molecule has 0 aliphatic heterocycles. The topological polar surface area (TPSA) is 27.3 Å². The molecule has 2 N–H and O–H groups in total. The van der Waals surface area contributed by atoms with Crippen molar-refractivity contribution in [3.05, 3.63) is 118 Å². The summed E-state index contributed by atoms with van der Waals surface area (Å²) in [6, 6.07) is 26.6. The van der Waals surface area contributed by atoms with Gasteiger partial charge in [0.25, 0.3) is 0 Å². The van der Waals surface area contributed by atoms with E-state index in [1.165, 1.54) is 50.0 Å². The Labute approximate surface area is 254 Å². The molecule has 0 saturated heterocycles. The predicted octanol–water partition coefficient (Wildman–Crippen LogP) is 11.4. The summed E-state index contributed by atoms with van der Waals surface area (Å²) in [5, 5.41) is 10.2. The van der Waals surface area contributed by atoms with Gasteiger partial charge < -0.3 is 15.5 Å². The Kier molecular flexibility index (Phi) is 10.2. The first-order valence-corrected chi connectivity index (χ1v) is 15.5. The minimum Gasteiger partial charge on any atom is -0.367 e. The molecule has 0 fully saturated rings. The van der Waals surface area contributed by atoms with Crippen molar-refractivity contribution in [1.82, 2.24) is 0 Å². The summed E-state index contributed by atoms with van der Waals surface area (Å²) in [5.74, 6) is 0.875. The minimum atomic E-state index is 0.437. The Hall–Kier alpha value is -3.98. The van der Waals surface area contributed by atoms with Gasteiger partial charge in [0.2, 0.25) is 0 Å². The molecule has 42 heavy (non-hydrogen) atoms. The molecule has 4 rings (SSSR count). The van der Waals surface area contributed by atoms with Crippen LogP contribution in [-0.2, 0) is 6.54 Å². The summed E-state index contributed by atoms with van der Waals surface area (Å²) in [5.41, 5.74) is 12.5. The van der Waals surface area contributed by atoms with Gasteiger partial charge in [0.05, 0.1) is 0 Å². The highest BCUT2D eigenvalue weighted by Gasteiger charge is 2.18. The van der Waals surface area contributed by atoms with E-state index in [-0.39, 0.29) is 0 Å². The third kappa shape index (κ3) is 6.57. The van der Waals surface area contributed by atoms with Crippen molar-refractivity contribution in [3.8, 4) is 0 Å². The second kappa shape index (κ2) is 13.8. The molecule has 3 heteroatoms. The van der Waals surface area contributed by atoms with Crippen LogP contribution in [0.2, 0.25) is 0 Å². The van der Waals surface area contributed by atoms with Gasteiger partial charge in [-0.1, -0.05) is 94.4 Å². The van der Waals surface area contributed by atoms with E-state index in [2.05, 4.69) is 163 Å². The van der Waals surface area contributed by atoms with E-state index in [4.69, 9.17) is 0 Å². The van der Waals surface area contributed by atoms with Crippen LogP contribution in [0.25, 0.3) is 10.8 Å². The van der Waals surface area contributed by atoms with E-state index >= 15 is 0 Å². The van der Waals surface area contributed by atoms with Gasteiger partial charge >= 0.3 is 0 Å². The fourth-order valence-corrected chi connectivity index (χ4v) is 5.81. The van der Waals surface area contributed by atoms with Gasteiger partial charge in [-0.15, -0.1) is 0 Å². The van der Waals surface area contributed by atoms with Gasteiger partial charge in [0, 0.05) is 47.1 Å². The van der Waals surface area contributed by atoms with Gasteiger partial charge in [0.15, 0.2) is 0 Å². The predicted molar refractivity (Wildman–Crippen MR) is 187 cm³/mol. The van der Waals surface area contributed by atoms with Crippen LogP contribution >= 0.6 is 0 Å². The molecular formula is C39H49N3. The number of anilines is 4. The molecule has 220 valence electrons. The van der Waals surface area contributed by atoms with E-state index in [1.807, 2.05) is 0 Å². The molecule has 4 aromatic carbocycles. The maximum atomic E-state index is 3.90. The summed E-state index contributed by atoms with van der Waals surface area (Å²) < 4.78 is 0. The molecule has 0 aliphatic rings. The molecule has 3 nitrogen and oxygen atoms in total. The zero-order valence-electron chi connectivity index (χ0n) is 27.1. The molecule has 0 bridgehead atoms. The lowest BCUT2D eigenvalue weighted by Gasteiger charge is -2.29. The Bertz CT molecular complexity index is 1560. The number of rotatable bonds is 11. The Morgan fingerprint density at radius 2 is 1.45 bits per heavy atom. The molecule has 0 unspecified atom stereocenters. The van der Waals surface area contributed by atoms with E-state index in [0.29, 0.717) is 11.8 Å². The van der Waals surface area contributed by atoms with Gasteiger partial charge in [-0.3, -0.25) is 0 Å². The maximum absolute atomic E-state index is 3.90. The van der Waals surface area contributed by atoms with Crippen molar-refractivity contribution in [1.29, 1.82) is 0 Å². The van der Waals surface area contributed by atoms with Crippen LogP contribution in [0.4, 0.5) is 22.7 Å². The first-order chi connectivity index (χ1) is 20.2. The SMILES string of the molecule is C/C=C(C)\C(=C/C)Nc1ccc2ccccc2c1CN(CC)c1cccc(Nc2c(C(C)C)cccc2C(C)C)c1C. The first kappa shape index (κ1) is 31.0. The van der Waals surface area contributed by atoms with Gasteiger partial charge in [-0.05, 0) is 97.7 Å². The molecule has 0 atom stereocenters. The van der Waals surface area contributed by atoms with Gasteiger partial charge in [-0.2, -0.15) is 0 Å². The highest BCUT2D eigenvalue weighted by Crippen LogP contribution is 2.38. The van der Waals surface area contributed by atoms with E-state index in [0.717, 1.165) is 30.2 Å². The fraction of sp³-hybridized carbons (Fsp3) is 0.333. The second-order valence-electron chi connectivity index (χ2n) is 11.8. The van der Waals surface area contributed by atoms with E-state index in [1.54, 1.807) is 0 Å². The number of nitrogens with one attached hydrogen (secondary N) is 2. The lowest BCUT2D eigenvalue weighted by Crippen LogP contribution is -2.24. The summed E-state index contributed by atoms with van der Waals surface area (Å²) in [6.45, 7) is 21.7. The number of hydrogen-bond acceptors (Lipinski definition) is 3. The van der Waals surface area contributed by atoms with E-state index < -0.39 is 0 Å². The number of benzene rings is 4. The number of nitrogens with zero attached hydrogens (tertiary/aromatic N) is 1. The quantitative estimate of drug-likeness (QED) is 0.179. The van der Waals surface area contributed by atoms with Crippen molar-refractivity contribution >= 4 is 33.5 Å². The summed E-state index contributed by atoms with van der Waals surface area (Å²) in [4.78, 5) is 2.50. The third-order valence-electron chi connectivity index (χ3n) is 8.47. The molecule has 0 heterocycles. The van der Waals surface area contributed by atoms with Crippen LogP contribution < -0.4 is 15.5 Å². The molecular weight excluding hydrogens is 510 g/mol. The number of fused-ring (bicyclic) bond motifs is 1. The third-order valence-corrected chi connectivity index (χ3v) is 8.47. The fourth-order valence-electron chi connectivity index (χ4n) is 5.81. The van der Waals surface area contributed by atoms with Crippen LogP contribution in [0.15, 0.2) is 96.2 Å². The minimum absolute atomic E-state index is 0.437. The zero-order valence-corrected chi connectivity index (χ0v) is 27.1. The van der Waals surface area contributed by atoms with Gasteiger partial charge in [0.1, 0.15) is 0 Å². The first-order valence-electron chi connectivity index (χ1n) is 15.5. The molecule has 4 aromatic rings. The van der Waals surface area contributed by atoms with Gasteiger partial charge in [-0.25, -0.2) is 0 Å². The van der Waals surface area contributed by atoms with Crippen LogP contribution in [-0.4, -0.2) is 6.54 Å². The standard InChI is InChI=1S/C39H49N3/c1-10-28(8)35(11-2)40-37-24-23-30-17-13-14-18-33(30)34(37)25-42(12-3)38-22-16-21-36(29(38)9)41-39-31(26(4)5)19-15-20-32(39)27(6)7/h10-11,13-24,26-27,40-41H,12,25H2,1-9H3/b28-10-,35-11+. The van der Waals surface area contributed by atoms with Crippen LogP contribution in [0, 0.1) is 6.92 Å². The summed E-state index contributed by atoms with van der Waals surface area (Å²) in [7, 11) is 0. The Morgan fingerprint density at radius 3 is 2.07 bits per heavy atom. The summed E-state index contributed by atoms with van der Waals surface area (Å²) in [6.07, 6.45) is 4.32. The molecule has 0 amide bonds. The second-order valence-corrected chi connectivity index (χ2v) is 11.8. The Balaban J connectivity index is 1.77. The van der Waals surface area contributed by atoms with Crippen molar-refractivity contribution in [2.75, 3.05) is 22.1 Å². The lowest BCUT2D eigenvalue weighted by molar-refractivity contribution is 0.832. The van der Waals surface area contributed by atoms with E-state index in [9.17, 15) is 0 Å². The number of para-hydroxylation sites is 1. The highest BCUT2D eigenvalue weighted by molar-refractivity contribution is 5.91. The maximum Gasteiger partial charge on any atom is 0.0456 e. The normalized spacial score (nSPS) is 12.4. The van der Waals surface area contributed by atoms with Crippen molar-refractivity contribution in [2.24, 2.45) is 0 Å². The summed E-state index contributed by atoms with van der Waals surface area (Å²) >= 11 is 0. The Morgan fingerprint density at radius 1 is 0.786 bits per heavy atom. The number of allylic oxidation sites excluding steroid dienone is 3. The van der Waals surface area contributed by atoms with Crippen molar-refractivity contribution in [2.45, 2.75) is 80.7 Å². The van der Waals surface area contributed by atoms with Crippen LogP contribution in [0.5, 0.6) is 0 Å². The monoisotopic (exact) mass is 559 g/mol. The van der Waals surface area contributed by atoms with Crippen molar-refractivity contribution < 1.29 is 0 Å². The zero-order chi connectivity index (χ0) is 30.4. The molecule has 0 aromatic heterocycles. The lowest BCUT2D eigenvalue weighted by atomic mass is 9.92. The highest BCUT2D eigenvalue weighted by atomic mass is 15.1. The molecule has 0 spiro atoms. The average molecular weight is 560 g/mol. The largest absolute Gasteiger partial charge is 0.367 e. The average Bonchev–Trinajstić information content (AvgIpc) is 2.99. The molecule has 0 radical (unpaired) electrons. The van der Waals surface area contributed by atoms with Crippen molar-refractivity contribution in [3.63, 3.8) is 0 Å². The molecule has 0 aliphatic carbocycles. The molecule has 0 saturated carbocycles. The smallest absolute Gasteiger partial charge is 0.0456 e. The van der Waals surface area contributed by atoms with Crippen LogP contribution in [0.3, 0.4) is 0 Å².